The van der Waals surface area contributed by atoms with Crippen LogP contribution in [0.3, 0.4) is 0 Å². The summed E-state index contributed by atoms with van der Waals surface area (Å²) in [4.78, 5) is 12.6. The number of rotatable bonds is 8. The van der Waals surface area contributed by atoms with Gasteiger partial charge in [0.2, 0.25) is 10.0 Å². The van der Waals surface area contributed by atoms with Gasteiger partial charge in [0.05, 0.1) is 17.7 Å². The van der Waals surface area contributed by atoms with Crippen molar-refractivity contribution in [2.75, 3.05) is 19.0 Å². The van der Waals surface area contributed by atoms with E-state index in [4.69, 9.17) is 9.47 Å². The molecule has 2 N–H and O–H groups in total. The van der Waals surface area contributed by atoms with Crippen molar-refractivity contribution >= 4 is 21.6 Å². The first-order chi connectivity index (χ1) is 14.3. The lowest BCUT2D eigenvalue weighted by molar-refractivity contribution is -0.118. The average molecular weight is 433 g/mol. The number of amides is 1. The van der Waals surface area contributed by atoms with Gasteiger partial charge >= 0.3 is 0 Å². The third-order valence-electron chi connectivity index (χ3n) is 4.86. The molecule has 0 aliphatic heterocycles. The van der Waals surface area contributed by atoms with E-state index in [-0.39, 0.29) is 23.2 Å². The number of carbonyl (C=O) groups is 1. The maximum Gasteiger partial charge on any atom is 0.262 e. The topological polar surface area (TPSA) is 93.7 Å². The van der Waals surface area contributed by atoms with E-state index in [1.54, 1.807) is 13.8 Å². The Labute approximate surface area is 177 Å². The van der Waals surface area contributed by atoms with Crippen molar-refractivity contribution in [3.05, 3.63) is 47.5 Å². The number of carbonyl (C=O) groups excluding carboxylic acids is 1. The smallest absolute Gasteiger partial charge is 0.262 e. The Hall–Kier alpha value is -2.58. The Balaban J connectivity index is 1.72. The van der Waals surface area contributed by atoms with E-state index in [9.17, 15) is 13.2 Å². The van der Waals surface area contributed by atoms with Gasteiger partial charge in [-0.1, -0.05) is 12.1 Å². The lowest BCUT2D eigenvalue weighted by Gasteiger charge is -2.19. The highest BCUT2D eigenvalue weighted by Crippen LogP contribution is 2.30. The standard InChI is InChI=1S/C22H28N2O5S/c1-15(2)24-30(26,27)17-11-12-21(28-3)19(13-17)23-22(25)14-29-20-10-6-8-16-7-4-5-9-18(16)20/h6,8,10-13,15,24H,4-5,7,9,14H2,1-3H3,(H,23,25). The molecule has 0 unspecified atom stereocenters. The van der Waals surface area contributed by atoms with Crippen molar-refractivity contribution < 1.29 is 22.7 Å². The zero-order chi connectivity index (χ0) is 21.7. The number of nitrogens with one attached hydrogen (secondary N) is 2. The van der Waals surface area contributed by atoms with Crippen LogP contribution in [0, 0.1) is 0 Å². The Kier molecular flexibility index (Phi) is 6.99. The number of anilines is 1. The molecule has 0 saturated heterocycles. The van der Waals surface area contributed by atoms with Crippen LogP contribution in [-0.2, 0) is 27.7 Å². The van der Waals surface area contributed by atoms with Gasteiger partial charge in [-0.3, -0.25) is 4.79 Å². The highest BCUT2D eigenvalue weighted by atomic mass is 32.2. The number of fused-ring (bicyclic) bond motifs is 1. The molecule has 1 aliphatic carbocycles. The van der Waals surface area contributed by atoms with Crippen LogP contribution in [0.2, 0.25) is 0 Å². The molecule has 0 bridgehead atoms. The van der Waals surface area contributed by atoms with Gasteiger partial charge in [-0.05, 0) is 74.9 Å². The van der Waals surface area contributed by atoms with Gasteiger partial charge in [0.15, 0.2) is 6.61 Å². The average Bonchev–Trinajstić information content (AvgIpc) is 2.71. The second-order valence-corrected chi connectivity index (χ2v) is 9.29. The second-order valence-electron chi connectivity index (χ2n) is 7.58. The highest BCUT2D eigenvalue weighted by molar-refractivity contribution is 7.89. The minimum absolute atomic E-state index is 0.0466. The largest absolute Gasteiger partial charge is 0.495 e. The van der Waals surface area contributed by atoms with Crippen LogP contribution in [-0.4, -0.2) is 34.1 Å². The molecule has 30 heavy (non-hydrogen) atoms. The number of hydrogen-bond acceptors (Lipinski definition) is 5. The Morgan fingerprint density at radius 2 is 1.87 bits per heavy atom. The van der Waals surface area contributed by atoms with E-state index < -0.39 is 15.9 Å². The van der Waals surface area contributed by atoms with Gasteiger partial charge in [-0.25, -0.2) is 13.1 Å². The van der Waals surface area contributed by atoms with Gasteiger partial charge in [0, 0.05) is 6.04 Å². The molecular weight excluding hydrogens is 404 g/mol. The number of hydrogen-bond donors (Lipinski definition) is 2. The minimum Gasteiger partial charge on any atom is -0.495 e. The molecule has 3 rings (SSSR count). The van der Waals surface area contributed by atoms with Crippen molar-refractivity contribution in [1.29, 1.82) is 0 Å². The van der Waals surface area contributed by atoms with Crippen LogP contribution in [0.4, 0.5) is 5.69 Å². The van der Waals surface area contributed by atoms with Crippen molar-refractivity contribution in [2.24, 2.45) is 0 Å². The molecule has 0 saturated carbocycles. The summed E-state index contributed by atoms with van der Waals surface area (Å²) < 4.78 is 38.4. The molecular formula is C22H28N2O5S. The summed E-state index contributed by atoms with van der Waals surface area (Å²) in [6, 6.07) is 10.00. The monoisotopic (exact) mass is 432 g/mol. The summed E-state index contributed by atoms with van der Waals surface area (Å²) in [6.07, 6.45) is 4.26. The van der Waals surface area contributed by atoms with Crippen LogP contribution >= 0.6 is 0 Å². The summed E-state index contributed by atoms with van der Waals surface area (Å²) >= 11 is 0. The lowest BCUT2D eigenvalue weighted by atomic mass is 9.91. The fourth-order valence-corrected chi connectivity index (χ4v) is 4.82. The molecule has 162 valence electrons. The van der Waals surface area contributed by atoms with Gasteiger partial charge in [0.25, 0.3) is 5.91 Å². The molecule has 0 radical (unpaired) electrons. The van der Waals surface area contributed by atoms with Gasteiger partial charge < -0.3 is 14.8 Å². The molecule has 0 spiro atoms. The molecule has 1 amide bonds. The lowest BCUT2D eigenvalue weighted by Crippen LogP contribution is -2.30. The zero-order valence-corrected chi connectivity index (χ0v) is 18.3. The third kappa shape index (κ3) is 5.31. The Morgan fingerprint density at radius 3 is 2.60 bits per heavy atom. The molecule has 7 nitrogen and oxygen atoms in total. The van der Waals surface area contributed by atoms with E-state index in [1.165, 1.54) is 42.9 Å². The van der Waals surface area contributed by atoms with Crippen LogP contribution in [0.1, 0.15) is 37.8 Å². The minimum atomic E-state index is -3.70. The summed E-state index contributed by atoms with van der Waals surface area (Å²) in [6.45, 7) is 3.30. The van der Waals surface area contributed by atoms with E-state index in [2.05, 4.69) is 16.1 Å². The van der Waals surface area contributed by atoms with E-state index in [0.717, 1.165) is 25.0 Å². The zero-order valence-electron chi connectivity index (χ0n) is 17.5. The molecule has 0 fully saturated rings. The van der Waals surface area contributed by atoms with Crippen molar-refractivity contribution in [3.63, 3.8) is 0 Å². The van der Waals surface area contributed by atoms with Gasteiger partial charge in [-0.15, -0.1) is 0 Å². The van der Waals surface area contributed by atoms with Gasteiger partial charge in [-0.2, -0.15) is 0 Å². The van der Waals surface area contributed by atoms with Crippen LogP contribution in [0.5, 0.6) is 11.5 Å². The SMILES string of the molecule is COc1ccc(S(=O)(=O)NC(C)C)cc1NC(=O)COc1cccc2c1CCCC2. The number of aryl methyl sites for hydroxylation is 1. The number of sulfonamides is 1. The van der Waals surface area contributed by atoms with Crippen molar-refractivity contribution in [2.45, 2.75) is 50.5 Å². The molecule has 2 aromatic rings. The molecule has 0 atom stereocenters. The maximum atomic E-state index is 12.5. The fourth-order valence-electron chi connectivity index (χ4n) is 3.54. The molecule has 8 heteroatoms. The van der Waals surface area contributed by atoms with Crippen molar-refractivity contribution in [1.82, 2.24) is 4.72 Å². The predicted octanol–water partition coefficient (Wildman–Crippen LogP) is 3.28. The molecule has 2 aromatic carbocycles. The Bertz CT molecular complexity index is 1020. The summed E-state index contributed by atoms with van der Waals surface area (Å²) in [7, 11) is -2.24. The van der Waals surface area contributed by atoms with Gasteiger partial charge in [0.1, 0.15) is 11.5 Å². The molecule has 0 heterocycles. The van der Waals surface area contributed by atoms with Crippen LogP contribution < -0.4 is 19.5 Å². The van der Waals surface area contributed by atoms with E-state index in [1.807, 2.05) is 12.1 Å². The summed E-state index contributed by atoms with van der Waals surface area (Å²) in [5, 5.41) is 2.70. The number of methoxy groups -OCH3 is 1. The summed E-state index contributed by atoms with van der Waals surface area (Å²) in [5.74, 6) is 0.698. The van der Waals surface area contributed by atoms with Crippen LogP contribution in [0.25, 0.3) is 0 Å². The highest BCUT2D eigenvalue weighted by Gasteiger charge is 2.19. The van der Waals surface area contributed by atoms with E-state index >= 15 is 0 Å². The predicted molar refractivity (Wildman–Crippen MR) is 116 cm³/mol. The number of ether oxygens (including phenoxy) is 2. The maximum absolute atomic E-state index is 12.5. The van der Waals surface area contributed by atoms with E-state index in [0.29, 0.717) is 5.75 Å². The fraction of sp³-hybridized carbons (Fsp3) is 0.409. The Morgan fingerprint density at radius 1 is 1.10 bits per heavy atom. The van der Waals surface area contributed by atoms with Crippen LogP contribution in [0.15, 0.2) is 41.3 Å². The first-order valence-electron chi connectivity index (χ1n) is 10.0. The third-order valence-corrected chi connectivity index (χ3v) is 6.51. The normalized spacial score (nSPS) is 13.6. The summed E-state index contributed by atoms with van der Waals surface area (Å²) in [5.41, 5.74) is 2.71. The quantitative estimate of drug-likeness (QED) is 0.668. The molecule has 0 aromatic heterocycles. The number of benzene rings is 2. The van der Waals surface area contributed by atoms with Crippen molar-refractivity contribution in [3.8, 4) is 11.5 Å². The first kappa shape index (κ1) is 22.1. The first-order valence-corrected chi connectivity index (χ1v) is 11.5. The molecule has 1 aliphatic rings. The second kappa shape index (κ2) is 9.49.